The maximum Gasteiger partial charge on any atom is 0.153 e. The topological polar surface area (TPSA) is 53.6 Å². The van der Waals surface area contributed by atoms with E-state index in [9.17, 15) is 0 Å². The van der Waals surface area contributed by atoms with Gasteiger partial charge in [-0.3, -0.25) is 5.10 Å². The first-order chi connectivity index (χ1) is 7.93. The molecule has 4 nitrogen and oxygen atoms in total. The molecule has 1 aliphatic heterocycles. The number of H-pyrrole nitrogens is 1. The highest BCUT2D eigenvalue weighted by atomic mass is 15.2. The number of hydrogen-bond acceptors (Lipinski definition) is 3. The van der Waals surface area contributed by atoms with Crippen molar-refractivity contribution in [2.45, 2.75) is 56.9 Å². The highest BCUT2D eigenvalue weighted by molar-refractivity contribution is 5.03. The third-order valence-corrected chi connectivity index (χ3v) is 3.88. The van der Waals surface area contributed by atoms with Gasteiger partial charge in [0.25, 0.3) is 0 Å². The Morgan fingerprint density at radius 2 is 1.88 bits per heavy atom. The summed E-state index contributed by atoms with van der Waals surface area (Å²) >= 11 is 0. The smallest absolute Gasteiger partial charge is 0.153 e. The predicted octanol–water partition coefficient (Wildman–Crippen LogP) is 2.28. The van der Waals surface area contributed by atoms with E-state index in [1.54, 1.807) is 0 Å². The van der Waals surface area contributed by atoms with Crippen molar-refractivity contribution in [2.24, 2.45) is 0 Å². The molecule has 1 aromatic rings. The fourth-order valence-electron chi connectivity index (χ4n) is 2.91. The number of aromatic amines is 1. The van der Waals surface area contributed by atoms with Crippen molar-refractivity contribution in [1.29, 1.82) is 0 Å². The molecule has 0 radical (unpaired) electrons. The van der Waals surface area contributed by atoms with Crippen molar-refractivity contribution >= 4 is 0 Å². The maximum absolute atomic E-state index is 4.69. The third kappa shape index (κ3) is 1.98. The average molecular weight is 220 g/mol. The SMILES string of the molecule is C1CCC(c2n[nH]c(C3CCCN3)n2)CC1. The summed E-state index contributed by atoms with van der Waals surface area (Å²) in [7, 11) is 0. The van der Waals surface area contributed by atoms with Gasteiger partial charge in [0.05, 0.1) is 6.04 Å². The van der Waals surface area contributed by atoms with Crippen LogP contribution in [-0.2, 0) is 0 Å². The van der Waals surface area contributed by atoms with Gasteiger partial charge in [-0.25, -0.2) is 4.98 Å². The number of hydrogen-bond donors (Lipinski definition) is 2. The lowest BCUT2D eigenvalue weighted by molar-refractivity contribution is 0.429. The van der Waals surface area contributed by atoms with Crippen molar-refractivity contribution in [2.75, 3.05) is 6.54 Å². The number of aromatic nitrogens is 3. The van der Waals surface area contributed by atoms with E-state index in [1.165, 1.54) is 44.9 Å². The lowest BCUT2D eigenvalue weighted by Gasteiger charge is -2.18. The Labute approximate surface area is 96.2 Å². The summed E-state index contributed by atoms with van der Waals surface area (Å²) in [6, 6.07) is 0.421. The van der Waals surface area contributed by atoms with Crippen LogP contribution in [0.4, 0.5) is 0 Å². The van der Waals surface area contributed by atoms with Crippen LogP contribution >= 0.6 is 0 Å². The van der Waals surface area contributed by atoms with Crippen LogP contribution in [-0.4, -0.2) is 21.7 Å². The Hall–Kier alpha value is -0.900. The molecule has 0 spiro atoms. The van der Waals surface area contributed by atoms with E-state index in [1.807, 2.05) is 0 Å². The van der Waals surface area contributed by atoms with Crippen molar-refractivity contribution in [3.63, 3.8) is 0 Å². The van der Waals surface area contributed by atoms with E-state index in [0.29, 0.717) is 12.0 Å². The van der Waals surface area contributed by atoms with Crippen LogP contribution in [0.15, 0.2) is 0 Å². The van der Waals surface area contributed by atoms with Crippen LogP contribution in [0.2, 0.25) is 0 Å². The largest absolute Gasteiger partial charge is 0.307 e. The summed E-state index contributed by atoms with van der Waals surface area (Å²) in [6.45, 7) is 1.12. The fraction of sp³-hybridized carbons (Fsp3) is 0.833. The standard InChI is InChI=1S/C12H20N4/c1-2-5-9(6-3-1)11-14-12(16-15-11)10-7-4-8-13-10/h9-10,13H,1-8H2,(H,14,15,16). The zero-order chi connectivity index (χ0) is 10.8. The lowest BCUT2D eigenvalue weighted by atomic mass is 9.89. The van der Waals surface area contributed by atoms with E-state index in [0.717, 1.165) is 18.2 Å². The molecule has 3 rings (SSSR count). The van der Waals surface area contributed by atoms with Gasteiger partial charge in [0.1, 0.15) is 5.82 Å². The molecule has 0 bridgehead atoms. The fourth-order valence-corrected chi connectivity index (χ4v) is 2.91. The van der Waals surface area contributed by atoms with Gasteiger partial charge in [0, 0.05) is 5.92 Å². The molecule has 2 N–H and O–H groups in total. The molecule has 0 amide bonds. The monoisotopic (exact) mass is 220 g/mol. The van der Waals surface area contributed by atoms with Gasteiger partial charge in [-0.15, -0.1) is 0 Å². The lowest BCUT2D eigenvalue weighted by Crippen LogP contribution is -2.14. The zero-order valence-electron chi connectivity index (χ0n) is 9.71. The van der Waals surface area contributed by atoms with Crippen LogP contribution in [0.3, 0.4) is 0 Å². The number of nitrogens with zero attached hydrogens (tertiary/aromatic N) is 2. The van der Waals surface area contributed by atoms with Crippen LogP contribution in [0.1, 0.15) is 68.6 Å². The van der Waals surface area contributed by atoms with Gasteiger partial charge >= 0.3 is 0 Å². The van der Waals surface area contributed by atoms with Gasteiger partial charge in [0.2, 0.25) is 0 Å². The van der Waals surface area contributed by atoms with Gasteiger partial charge in [-0.2, -0.15) is 5.10 Å². The number of rotatable bonds is 2. The van der Waals surface area contributed by atoms with E-state index in [4.69, 9.17) is 0 Å². The van der Waals surface area contributed by atoms with E-state index in [-0.39, 0.29) is 0 Å². The normalized spacial score (nSPS) is 27.4. The van der Waals surface area contributed by atoms with Crippen molar-refractivity contribution in [1.82, 2.24) is 20.5 Å². The molecule has 16 heavy (non-hydrogen) atoms. The second-order valence-electron chi connectivity index (χ2n) is 5.06. The van der Waals surface area contributed by atoms with Crippen LogP contribution in [0.5, 0.6) is 0 Å². The summed E-state index contributed by atoms with van der Waals surface area (Å²) in [5, 5.41) is 11.0. The minimum absolute atomic E-state index is 0.421. The Balaban J connectivity index is 1.71. The first kappa shape index (κ1) is 10.3. The summed E-state index contributed by atoms with van der Waals surface area (Å²) in [4.78, 5) is 4.69. The molecule has 0 aromatic carbocycles. The first-order valence-electron chi connectivity index (χ1n) is 6.59. The van der Waals surface area contributed by atoms with E-state index < -0.39 is 0 Å². The molecule has 1 unspecified atom stereocenters. The first-order valence-corrected chi connectivity index (χ1v) is 6.59. The van der Waals surface area contributed by atoms with Crippen LogP contribution in [0, 0.1) is 0 Å². The van der Waals surface area contributed by atoms with Gasteiger partial charge in [-0.1, -0.05) is 19.3 Å². The highest BCUT2D eigenvalue weighted by Crippen LogP contribution is 2.31. The average Bonchev–Trinajstić information content (AvgIpc) is 3.01. The van der Waals surface area contributed by atoms with Gasteiger partial charge in [0.15, 0.2) is 5.82 Å². The second kappa shape index (κ2) is 4.53. The molecule has 1 aromatic heterocycles. The second-order valence-corrected chi connectivity index (χ2v) is 5.06. The minimum atomic E-state index is 0.421. The summed E-state index contributed by atoms with van der Waals surface area (Å²) < 4.78 is 0. The van der Waals surface area contributed by atoms with Crippen LogP contribution in [0.25, 0.3) is 0 Å². The van der Waals surface area contributed by atoms with Crippen molar-refractivity contribution < 1.29 is 0 Å². The van der Waals surface area contributed by atoms with Gasteiger partial charge in [-0.05, 0) is 32.2 Å². The third-order valence-electron chi connectivity index (χ3n) is 3.88. The summed E-state index contributed by atoms with van der Waals surface area (Å²) in [5.41, 5.74) is 0. The highest BCUT2D eigenvalue weighted by Gasteiger charge is 2.23. The molecule has 1 aliphatic carbocycles. The Morgan fingerprint density at radius 3 is 2.62 bits per heavy atom. The van der Waals surface area contributed by atoms with Gasteiger partial charge < -0.3 is 5.32 Å². The van der Waals surface area contributed by atoms with Crippen molar-refractivity contribution in [3.05, 3.63) is 11.6 Å². The molecule has 2 fully saturated rings. The molecular formula is C12H20N4. The molecule has 2 aliphatic rings. The molecular weight excluding hydrogens is 200 g/mol. The number of nitrogens with one attached hydrogen (secondary N) is 2. The Kier molecular flexibility index (Phi) is 2.91. The molecule has 1 atom stereocenters. The Morgan fingerprint density at radius 1 is 1.00 bits per heavy atom. The summed E-state index contributed by atoms with van der Waals surface area (Å²) in [6.07, 6.45) is 9.07. The van der Waals surface area contributed by atoms with Crippen molar-refractivity contribution in [3.8, 4) is 0 Å². The van der Waals surface area contributed by atoms with E-state index >= 15 is 0 Å². The quantitative estimate of drug-likeness (QED) is 0.804. The molecule has 88 valence electrons. The van der Waals surface area contributed by atoms with Crippen LogP contribution < -0.4 is 5.32 Å². The molecule has 4 heteroatoms. The maximum atomic E-state index is 4.69. The minimum Gasteiger partial charge on any atom is -0.307 e. The summed E-state index contributed by atoms with van der Waals surface area (Å²) in [5.74, 6) is 2.72. The predicted molar refractivity (Wildman–Crippen MR) is 62.2 cm³/mol. The Bertz CT molecular complexity index is 335. The molecule has 1 saturated heterocycles. The molecule has 2 heterocycles. The zero-order valence-corrected chi connectivity index (χ0v) is 9.71. The van der Waals surface area contributed by atoms with E-state index in [2.05, 4.69) is 20.5 Å². The molecule has 1 saturated carbocycles.